The minimum Gasteiger partial charge on any atom is -0.319 e. The van der Waals surface area contributed by atoms with Crippen molar-refractivity contribution >= 4 is 0 Å². The zero-order valence-electron chi connectivity index (χ0n) is 10.9. The molecule has 1 aliphatic heterocycles. The van der Waals surface area contributed by atoms with Crippen LogP contribution in [0, 0.1) is 5.41 Å². The monoisotopic (exact) mass is 225 g/mol. The third-order valence-corrected chi connectivity index (χ3v) is 4.36. The molecular weight excluding hydrogens is 198 g/mol. The fraction of sp³-hybridized carbons (Fsp3) is 1.00. The first kappa shape index (κ1) is 12.3. The second-order valence-corrected chi connectivity index (χ2v) is 5.87. The summed E-state index contributed by atoms with van der Waals surface area (Å²) in [4.78, 5) is 2.45. The quantitative estimate of drug-likeness (QED) is 0.732. The Morgan fingerprint density at radius 3 is 2.62 bits per heavy atom. The van der Waals surface area contributed by atoms with E-state index in [-0.39, 0.29) is 0 Å². The summed E-state index contributed by atoms with van der Waals surface area (Å²) in [5.41, 5.74) is 0.574. The van der Waals surface area contributed by atoms with E-state index >= 15 is 0 Å². The highest BCUT2D eigenvalue weighted by Crippen LogP contribution is 2.39. The minimum atomic E-state index is 0.574. The van der Waals surface area contributed by atoms with Crippen molar-refractivity contribution in [3.05, 3.63) is 0 Å². The van der Waals surface area contributed by atoms with Crippen LogP contribution in [0.5, 0.6) is 0 Å². The largest absolute Gasteiger partial charge is 0.319 e. The Hall–Kier alpha value is -0.120. The lowest BCUT2D eigenvalue weighted by Crippen LogP contribution is -2.52. The van der Waals surface area contributed by atoms with Gasteiger partial charge in [0.2, 0.25) is 0 Å². The van der Waals surface area contributed by atoms with Gasteiger partial charge in [-0.1, -0.05) is 6.42 Å². The van der Waals surface area contributed by atoms with Crippen molar-refractivity contribution in [2.45, 2.75) is 38.1 Å². The van der Waals surface area contributed by atoms with E-state index < -0.39 is 0 Å². The fourth-order valence-corrected chi connectivity index (χ4v) is 3.16. The highest BCUT2D eigenvalue weighted by Gasteiger charge is 2.36. The average molecular weight is 225 g/mol. The van der Waals surface area contributed by atoms with E-state index in [0.717, 1.165) is 6.04 Å². The van der Waals surface area contributed by atoms with Crippen molar-refractivity contribution in [3.63, 3.8) is 0 Å². The second kappa shape index (κ2) is 5.48. The maximum atomic E-state index is 3.80. The van der Waals surface area contributed by atoms with Gasteiger partial charge in [-0.25, -0.2) is 0 Å². The number of likely N-dealkylation sites (N-methyl/N-ethyl adjacent to an activating group) is 1. The van der Waals surface area contributed by atoms with E-state index in [2.05, 4.69) is 29.6 Å². The maximum Gasteiger partial charge on any atom is 0.0195 e. The molecule has 0 radical (unpaired) electrons. The highest BCUT2D eigenvalue weighted by molar-refractivity contribution is 4.92. The molecule has 2 N–H and O–H groups in total. The van der Waals surface area contributed by atoms with E-state index in [9.17, 15) is 0 Å². The summed E-state index contributed by atoms with van der Waals surface area (Å²) in [5.74, 6) is 0. The van der Waals surface area contributed by atoms with Gasteiger partial charge < -0.3 is 15.5 Å². The van der Waals surface area contributed by atoms with E-state index in [4.69, 9.17) is 0 Å². The lowest BCUT2D eigenvalue weighted by molar-refractivity contribution is 0.115. The summed E-state index contributed by atoms with van der Waals surface area (Å²) in [5, 5.41) is 7.15. The Morgan fingerprint density at radius 1 is 1.25 bits per heavy atom. The van der Waals surface area contributed by atoms with Gasteiger partial charge in [-0.2, -0.15) is 0 Å². The maximum absolute atomic E-state index is 3.80. The molecule has 1 heterocycles. The smallest absolute Gasteiger partial charge is 0.0195 e. The molecule has 1 saturated heterocycles. The highest BCUT2D eigenvalue weighted by atomic mass is 15.1. The van der Waals surface area contributed by atoms with Crippen LogP contribution in [-0.2, 0) is 0 Å². The number of nitrogens with zero attached hydrogens (tertiary/aromatic N) is 1. The Kier molecular flexibility index (Phi) is 4.22. The zero-order chi connectivity index (χ0) is 11.4. The molecule has 1 unspecified atom stereocenters. The van der Waals surface area contributed by atoms with Crippen LogP contribution in [0.2, 0.25) is 0 Å². The Labute approximate surface area is 100.0 Å². The number of likely N-dealkylation sites (tertiary alicyclic amines) is 1. The first-order valence-electron chi connectivity index (χ1n) is 6.81. The van der Waals surface area contributed by atoms with Gasteiger partial charge in [-0.05, 0) is 51.7 Å². The molecule has 0 aromatic heterocycles. The van der Waals surface area contributed by atoms with E-state index in [1.807, 2.05) is 0 Å². The van der Waals surface area contributed by atoms with Crippen LogP contribution in [-0.4, -0.2) is 51.2 Å². The average Bonchev–Trinajstić information content (AvgIpc) is 2.22. The molecule has 2 aliphatic rings. The van der Waals surface area contributed by atoms with Crippen molar-refractivity contribution in [2.75, 3.05) is 40.3 Å². The van der Waals surface area contributed by atoms with Crippen LogP contribution in [0.1, 0.15) is 32.1 Å². The normalized spacial score (nSPS) is 30.0. The van der Waals surface area contributed by atoms with Crippen LogP contribution >= 0.6 is 0 Å². The summed E-state index contributed by atoms with van der Waals surface area (Å²) in [6.07, 6.45) is 6.95. The fourth-order valence-electron chi connectivity index (χ4n) is 3.16. The summed E-state index contributed by atoms with van der Waals surface area (Å²) < 4.78 is 0. The van der Waals surface area contributed by atoms with Gasteiger partial charge in [0.05, 0.1) is 0 Å². The van der Waals surface area contributed by atoms with Gasteiger partial charge in [0, 0.05) is 25.7 Å². The Bertz CT molecular complexity index is 213. The molecule has 1 aliphatic carbocycles. The molecule has 1 saturated carbocycles. The van der Waals surface area contributed by atoms with Gasteiger partial charge in [-0.15, -0.1) is 0 Å². The Morgan fingerprint density at radius 2 is 2.06 bits per heavy atom. The summed E-state index contributed by atoms with van der Waals surface area (Å²) in [6, 6.07) is 0.730. The standard InChI is InChI=1S/C13H27N3/c1-14-10-13(6-4-7-13)11-15-12-5-3-8-16(2)9-12/h12,14-15H,3-11H2,1-2H3. The summed E-state index contributed by atoms with van der Waals surface area (Å²) in [7, 11) is 4.31. The lowest BCUT2D eigenvalue weighted by Gasteiger charge is -2.44. The predicted octanol–water partition coefficient (Wildman–Crippen LogP) is 1.06. The van der Waals surface area contributed by atoms with Gasteiger partial charge in [0.15, 0.2) is 0 Å². The number of hydrogen-bond acceptors (Lipinski definition) is 3. The van der Waals surface area contributed by atoms with Crippen molar-refractivity contribution in [3.8, 4) is 0 Å². The van der Waals surface area contributed by atoms with Crippen molar-refractivity contribution in [1.82, 2.24) is 15.5 Å². The van der Waals surface area contributed by atoms with Crippen LogP contribution in [0.25, 0.3) is 0 Å². The van der Waals surface area contributed by atoms with Crippen LogP contribution in [0.4, 0.5) is 0 Å². The van der Waals surface area contributed by atoms with Gasteiger partial charge in [0.1, 0.15) is 0 Å². The van der Waals surface area contributed by atoms with Crippen LogP contribution in [0.3, 0.4) is 0 Å². The first-order chi connectivity index (χ1) is 7.74. The SMILES string of the molecule is CNCC1(CNC2CCCN(C)C2)CCC1. The predicted molar refractivity (Wildman–Crippen MR) is 68.7 cm³/mol. The molecule has 2 rings (SSSR count). The van der Waals surface area contributed by atoms with Crippen LogP contribution < -0.4 is 10.6 Å². The molecule has 0 aromatic rings. The number of piperidine rings is 1. The lowest BCUT2D eigenvalue weighted by atomic mass is 9.68. The zero-order valence-corrected chi connectivity index (χ0v) is 10.9. The molecule has 2 fully saturated rings. The number of rotatable bonds is 5. The third kappa shape index (κ3) is 2.96. The van der Waals surface area contributed by atoms with Crippen molar-refractivity contribution < 1.29 is 0 Å². The van der Waals surface area contributed by atoms with Crippen molar-refractivity contribution in [1.29, 1.82) is 0 Å². The van der Waals surface area contributed by atoms with Gasteiger partial charge >= 0.3 is 0 Å². The molecule has 16 heavy (non-hydrogen) atoms. The summed E-state index contributed by atoms with van der Waals surface area (Å²) >= 11 is 0. The van der Waals surface area contributed by atoms with E-state index in [1.54, 1.807) is 0 Å². The molecule has 0 bridgehead atoms. The van der Waals surface area contributed by atoms with E-state index in [0.29, 0.717) is 5.41 Å². The van der Waals surface area contributed by atoms with Crippen LogP contribution in [0.15, 0.2) is 0 Å². The van der Waals surface area contributed by atoms with E-state index in [1.165, 1.54) is 58.3 Å². The third-order valence-electron chi connectivity index (χ3n) is 4.36. The molecule has 3 nitrogen and oxygen atoms in total. The topological polar surface area (TPSA) is 27.3 Å². The molecule has 0 aromatic carbocycles. The van der Waals surface area contributed by atoms with Crippen molar-refractivity contribution in [2.24, 2.45) is 5.41 Å². The first-order valence-corrected chi connectivity index (χ1v) is 6.81. The molecular formula is C13H27N3. The molecule has 94 valence electrons. The number of nitrogens with one attached hydrogen (secondary N) is 2. The second-order valence-electron chi connectivity index (χ2n) is 5.87. The molecule has 3 heteroatoms. The summed E-state index contributed by atoms with van der Waals surface area (Å²) in [6.45, 7) is 4.91. The minimum absolute atomic E-state index is 0.574. The number of hydrogen-bond donors (Lipinski definition) is 2. The van der Waals surface area contributed by atoms with Gasteiger partial charge in [-0.3, -0.25) is 0 Å². The Balaban J connectivity index is 1.73. The molecule has 0 spiro atoms. The molecule has 0 amide bonds. The van der Waals surface area contributed by atoms with Gasteiger partial charge in [0.25, 0.3) is 0 Å². The molecule has 1 atom stereocenters.